The van der Waals surface area contributed by atoms with Gasteiger partial charge in [0.25, 0.3) is 0 Å². The standard InChI is InChI=1S/C12H18N2O/c1-9-8-11(2-3-12(9)15)14-10-4-6-13-7-5-10/h2-3,8,10,13-15H,4-7H2,1H3. The normalized spacial score (nSPS) is 17.7. The van der Waals surface area contributed by atoms with Crippen LogP contribution in [-0.2, 0) is 0 Å². The highest BCUT2D eigenvalue weighted by Gasteiger charge is 2.12. The summed E-state index contributed by atoms with van der Waals surface area (Å²) in [4.78, 5) is 0. The summed E-state index contributed by atoms with van der Waals surface area (Å²) in [5, 5.41) is 16.3. The molecule has 1 saturated heterocycles. The molecule has 3 nitrogen and oxygen atoms in total. The number of phenolic OH excluding ortho intramolecular Hbond substituents is 1. The molecule has 1 heterocycles. The van der Waals surface area contributed by atoms with Gasteiger partial charge in [-0.25, -0.2) is 0 Å². The van der Waals surface area contributed by atoms with Gasteiger partial charge < -0.3 is 15.7 Å². The van der Waals surface area contributed by atoms with Crippen molar-refractivity contribution in [3.8, 4) is 5.75 Å². The van der Waals surface area contributed by atoms with Crippen molar-refractivity contribution in [2.24, 2.45) is 0 Å². The number of phenols is 1. The first-order chi connectivity index (χ1) is 7.25. The van der Waals surface area contributed by atoms with Gasteiger partial charge in [0, 0.05) is 11.7 Å². The molecule has 3 N–H and O–H groups in total. The Labute approximate surface area is 90.5 Å². The maximum atomic E-state index is 9.41. The molecule has 0 unspecified atom stereocenters. The molecule has 15 heavy (non-hydrogen) atoms. The van der Waals surface area contributed by atoms with Crippen LogP contribution in [-0.4, -0.2) is 24.2 Å². The highest BCUT2D eigenvalue weighted by Crippen LogP contribution is 2.21. The number of aryl methyl sites for hydroxylation is 1. The lowest BCUT2D eigenvalue weighted by molar-refractivity contribution is 0.470. The van der Waals surface area contributed by atoms with Crippen LogP contribution < -0.4 is 10.6 Å². The summed E-state index contributed by atoms with van der Waals surface area (Å²) in [6, 6.07) is 6.25. The van der Waals surface area contributed by atoms with E-state index in [4.69, 9.17) is 0 Å². The first kappa shape index (κ1) is 10.3. The topological polar surface area (TPSA) is 44.3 Å². The van der Waals surface area contributed by atoms with Gasteiger partial charge in [0.05, 0.1) is 0 Å². The molecule has 0 radical (unpaired) electrons. The Kier molecular flexibility index (Phi) is 3.11. The van der Waals surface area contributed by atoms with Crippen LogP contribution in [0.2, 0.25) is 0 Å². The van der Waals surface area contributed by atoms with Crippen molar-refractivity contribution in [1.29, 1.82) is 0 Å². The SMILES string of the molecule is Cc1cc(NC2CCNCC2)ccc1O. The maximum Gasteiger partial charge on any atom is 0.118 e. The summed E-state index contributed by atoms with van der Waals surface area (Å²) in [6.45, 7) is 4.10. The van der Waals surface area contributed by atoms with E-state index in [0.717, 1.165) is 24.3 Å². The van der Waals surface area contributed by atoms with Gasteiger partial charge in [0.15, 0.2) is 0 Å². The third kappa shape index (κ3) is 2.63. The molecule has 1 aliphatic rings. The summed E-state index contributed by atoms with van der Waals surface area (Å²) in [5.41, 5.74) is 2.03. The van der Waals surface area contributed by atoms with E-state index < -0.39 is 0 Å². The lowest BCUT2D eigenvalue weighted by Crippen LogP contribution is -2.35. The first-order valence-corrected chi connectivity index (χ1v) is 5.52. The van der Waals surface area contributed by atoms with Crippen LogP contribution in [0.25, 0.3) is 0 Å². The Balaban J connectivity index is 2.00. The van der Waals surface area contributed by atoms with E-state index in [-0.39, 0.29) is 0 Å². The number of hydrogen-bond donors (Lipinski definition) is 3. The van der Waals surface area contributed by atoms with Gasteiger partial charge in [0.2, 0.25) is 0 Å². The molecule has 1 fully saturated rings. The molecule has 3 heteroatoms. The van der Waals surface area contributed by atoms with Crippen LogP contribution in [0.15, 0.2) is 18.2 Å². The number of piperidine rings is 1. The van der Waals surface area contributed by atoms with E-state index in [2.05, 4.69) is 10.6 Å². The van der Waals surface area contributed by atoms with Crippen molar-refractivity contribution in [3.63, 3.8) is 0 Å². The Morgan fingerprint density at radius 2 is 2.07 bits per heavy atom. The summed E-state index contributed by atoms with van der Waals surface area (Å²) in [7, 11) is 0. The molecule has 0 atom stereocenters. The van der Waals surface area contributed by atoms with Crippen LogP contribution in [0, 0.1) is 6.92 Å². The van der Waals surface area contributed by atoms with Crippen molar-refractivity contribution < 1.29 is 5.11 Å². The lowest BCUT2D eigenvalue weighted by atomic mass is 10.1. The second-order valence-electron chi connectivity index (χ2n) is 4.17. The summed E-state index contributed by atoms with van der Waals surface area (Å²) in [5.74, 6) is 0.367. The van der Waals surface area contributed by atoms with Gasteiger partial charge in [0.1, 0.15) is 5.75 Å². The second-order valence-corrected chi connectivity index (χ2v) is 4.17. The Hall–Kier alpha value is -1.22. The number of nitrogens with one attached hydrogen (secondary N) is 2. The van der Waals surface area contributed by atoms with Gasteiger partial charge in [-0.2, -0.15) is 0 Å². The van der Waals surface area contributed by atoms with Gasteiger partial charge in [-0.3, -0.25) is 0 Å². The van der Waals surface area contributed by atoms with Crippen LogP contribution in [0.5, 0.6) is 5.75 Å². The average Bonchev–Trinajstić information content (AvgIpc) is 2.25. The maximum absolute atomic E-state index is 9.41. The Bertz CT molecular complexity index is 332. The van der Waals surface area contributed by atoms with Gasteiger partial charge in [-0.05, 0) is 56.6 Å². The van der Waals surface area contributed by atoms with Crippen LogP contribution in [0.3, 0.4) is 0 Å². The molecule has 0 saturated carbocycles. The molecule has 1 aromatic rings. The number of hydrogen-bond acceptors (Lipinski definition) is 3. The zero-order chi connectivity index (χ0) is 10.7. The Morgan fingerprint density at radius 1 is 1.33 bits per heavy atom. The first-order valence-electron chi connectivity index (χ1n) is 5.52. The molecule has 0 bridgehead atoms. The monoisotopic (exact) mass is 206 g/mol. The molecular formula is C12H18N2O. The van der Waals surface area contributed by atoms with Crippen molar-refractivity contribution in [3.05, 3.63) is 23.8 Å². The average molecular weight is 206 g/mol. The zero-order valence-electron chi connectivity index (χ0n) is 9.09. The van der Waals surface area contributed by atoms with Gasteiger partial charge >= 0.3 is 0 Å². The molecule has 0 aliphatic carbocycles. The van der Waals surface area contributed by atoms with Gasteiger partial charge in [-0.1, -0.05) is 0 Å². The highest BCUT2D eigenvalue weighted by atomic mass is 16.3. The molecule has 1 aromatic carbocycles. The third-order valence-corrected chi connectivity index (χ3v) is 2.91. The summed E-state index contributed by atoms with van der Waals surface area (Å²) in [6.07, 6.45) is 2.33. The second kappa shape index (κ2) is 4.53. The van der Waals surface area contributed by atoms with E-state index in [1.165, 1.54) is 12.8 Å². The van der Waals surface area contributed by atoms with E-state index in [9.17, 15) is 5.11 Å². The predicted octanol–water partition coefficient (Wildman–Crippen LogP) is 1.86. The van der Waals surface area contributed by atoms with Gasteiger partial charge in [-0.15, -0.1) is 0 Å². The molecule has 82 valence electrons. The summed E-state index contributed by atoms with van der Waals surface area (Å²) >= 11 is 0. The fraction of sp³-hybridized carbons (Fsp3) is 0.500. The summed E-state index contributed by atoms with van der Waals surface area (Å²) < 4.78 is 0. The zero-order valence-corrected chi connectivity index (χ0v) is 9.09. The molecular weight excluding hydrogens is 188 g/mol. The van der Waals surface area contributed by atoms with Crippen molar-refractivity contribution in [2.75, 3.05) is 18.4 Å². The number of anilines is 1. The number of rotatable bonds is 2. The molecule has 0 aromatic heterocycles. The van der Waals surface area contributed by atoms with E-state index in [1.807, 2.05) is 19.1 Å². The molecule has 1 aliphatic heterocycles. The van der Waals surface area contributed by atoms with E-state index in [0.29, 0.717) is 11.8 Å². The van der Waals surface area contributed by atoms with E-state index in [1.54, 1.807) is 6.07 Å². The number of benzene rings is 1. The minimum Gasteiger partial charge on any atom is -0.508 e. The van der Waals surface area contributed by atoms with Crippen LogP contribution >= 0.6 is 0 Å². The smallest absolute Gasteiger partial charge is 0.118 e. The molecule has 0 spiro atoms. The largest absolute Gasteiger partial charge is 0.508 e. The van der Waals surface area contributed by atoms with Crippen molar-refractivity contribution in [2.45, 2.75) is 25.8 Å². The molecule has 0 amide bonds. The van der Waals surface area contributed by atoms with E-state index >= 15 is 0 Å². The minimum absolute atomic E-state index is 0.367. The fourth-order valence-electron chi connectivity index (χ4n) is 1.95. The van der Waals surface area contributed by atoms with Crippen LogP contribution in [0.1, 0.15) is 18.4 Å². The third-order valence-electron chi connectivity index (χ3n) is 2.91. The Morgan fingerprint density at radius 3 is 2.73 bits per heavy atom. The van der Waals surface area contributed by atoms with Crippen molar-refractivity contribution in [1.82, 2.24) is 5.32 Å². The molecule has 2 rings (SSSR count). The quantitative estimate of drug-likeness (QED) is 0.647. The van der Waals surface area contributed by atoms with Crippen molar-refractivity contribution >= 4 is 5.69 Å². The minimum atomic E-state index is 0.367. The lowest BCUT2D eigenvalue weighted by Gasteiger charge is -2.24. The van der Waals surface area contributed by atoms with Crippen LogP contribution in [0.4, 0.5) is 5.69 Å². The fourth-order valence-corrected chi connectivity index (χ4v) is 1.95. The number of aromatic hydroxyl groups is 1. The highest BCUT2D eigenvalue weighted by molar-refractivity contribution is 5.50. The predicted molar refractivity (Wildman–Crippen MR) is 62.4 cm³/mol.